The van der Waals surface area contributed by atoms with E-state index in [1.807, 2.05) is 56.9 Å². The second kappa shape index (κ2) is 6.13. The molecule has 0 atom stereocenters. The van der Waals surface area contributed by atoms with Crippen LogP contribution in [0.15, 0.2) is 30.5 Å². The zero-order valence-electron chi connectivity index (χ0n) is 12.2. The van der Waals surface area contributed by atoms with Crippen molar-refractivity contribution in [1.82, 2.24) is 13.6 Å². The molecule has 0 spiro atoms. The van der Waals surface area contributed by atoms with Gasteiger partial charge in [0.15, 0.2) is 0 Å². The normalized spacial score (nSPS) is 11.1. The van der Waals surface area contributed by atoms with Gasteiger partial charge in [0.2, 0.25) is 0 Å². The molecule has 0 saturated carbocycles. The summed E-state index contributed by atoms with van der Waals surface area (Å²) in [5.41, 5.74) is 2.28. The third kappa shape index (κ3) is 2.88. The Hall–Kier alpha value is -1.75. The lowest BCUT2D eigenvalue weighted by Crippen LogP contribution is -2.42. The van der Waals surface area contributed by atoms with Crippen LogP contribution in [0.3, 0.4) is 0 Å². The maximum Gasteiger partial charge on any atom is 0.255 e. The molecule has 0 saturated heterocycles. The predicted molar refractivity (Wildman–Crippen MR) is 81.8 cm³/mol. The van der Waals surface area contributed by atoms with E-state index in [1.165, 1.54) is 0 Å². The van der Waals surface area contributed by atoms with Crippen LogP contribution in [0.4, 0.5) is 0 Å². The molecule has 1 amide bonds. The number of benzene rings is 1. The van der Waals surface area contributed by atoms with Crippen molar-refractivity contribution in [1.29, 1.82) is 0 Å². The molecule has 0 radical (unpaired) electrons. The summed E-state index contributed by atoms with van der Waals surface area (Å²) in [7, 11) is 0. The molecule has 4 nitrogen and oxygen atoms in total. The van der Waals surface area contributed by atoms with Crippen LogP contribution < -0.4 is 0 Å². The van der Waals surface area contributed by atoms with Crippen LogP contribution in [0.25, 0.3) is 11.3 Å². The number of hydrogen-bond donors (Lipinski definition) is 0. The van der Waals surface area contributed by atoms with Crippen molar-refractivity contribution in [3.8, 4) is 11.3 Å². The average Bonchev–Trinajstić information content (AvgIpc) is 2.91. The zero-order chi connectivity index (χ0) is 14.7. The Morgan fingerprint density at radius 3 is 2.35 bits per heavy atom. The molecule has 1 heterocycles. The van der Waals surface area contributed by atoms with Gasteiger partial charge in [-0.25, -0.2) is 0 Å². The Bertz CT molecular complexity index is 571. The van der Waals surface area contributed by atoms with Crippen molar-refractivity contribution < 1.29 is 4.79 Å². The van der Waals surface area contributed by atoms with Gasteiger partial charge in [0.1, 0.15) is 5.69 Å². The largest absolute Gasteiger partial charge is 0.334 e. The molecule has 1 aromatic heterocycles. The second-order valence-corrected chi connectivity index (χ2v) is 5.79. The Balaban J connectivity index is 2.45. The van der Waals surface area contributed by atoms with E-state index in [9.17, 15) is 4.79 Å². The summed E-state index contributed by atoms with van der Waals surface area (Å²) in [6, 6.07) is 7.89. The second-order valence-electron chi connectivity index (χ2n) is 5.24. The molecule has 0 N–H and O–H groups in total. The summed E-state index contributed by atoms with van der Waals surface area (Å²) in [4.78, 5) is 14.7. The van der Waals surface area contributed by atoms with E-state index >= 15 is 0 Å². The van der Waals surface area contributed by atoms with Gasteiger partial charge in [-0.1, -0.05) is 18.2 Å². The maximum absolute atomic E-state index is 12.8. The first-order chi connectivity index (χ1) is 9.52. The monoisotopic (exact) mass is 289 g/mol. The van der Waals surface area contributed by atoms with Gasteiger partial charge in [-0.05, 0) is 33.8 Å². The molecular formula is C15H19N3OS. The number of carbonyl (C=O) groups excluding carboxylic acids is 1. The highest BCUT2D eigenvalue weighted by Gasteiger charge is 2.24. The lowest BCUT2D eigenvalue weighted by atomic mass is 10.0. The summed E-state index contributed by atoms with van der Waals surface area (Å²) in [5, 5.41) is 0. The van der Waals surface area contributed by atoms with Crippen LogP contribution in [0.2, 0.25) is 0 Å². The van der Waals surface area contributed by atoms with Gasteiger partial charge in [0.05, 0.1) is 17.9 Å². The Kier molecular flexibility index (Phi) is 4.49. The van der Waals surface area contributed by atoms with E-state index < -0.39 is 0 Å². The minimum atomic E-state index is 0.0404. The van der Waals surface area contributed by atoms with E-state index in [2.05, 4.69) is 8.75 Å². The Morgan fingerprint density at radius 2 is 1.80 bits per heavy atom. The topological polar surface area (TPSA) is 46.1 Å². The van der Waals surface area contributed by atoms with Crippen LogP contribution >= 0.6 is 11.7 Å². The molecular weight excluding hydrogens is 270 g/mol. The van der Waals surface area contributed by atoms with Crippen molar-refractivity contribution in [3.05, 3.63) is 36.0 Å². The summed E-state index contributed by atoms with van der Waals surface area (Å²) in [5.74, 6) is 0.0404. The summed E-state index contributed by atoms with van der Waals surface area (Å²) in [6.07, 6.45) is 1.70. The third-order valence-corrected chi connectivity index (χ3v) is 3.62. The number of nitrogens with zero attached hydrogens (tertiary/aromatic N) is 3. The molecule has 2 rings (SSSR count). The van der Waals surface area contributed by atoms with E-state index in [4.69, 9.17) is 0 Å². The molecule has 0 fully saturated rings. The Labute approximate surface area is 123 Å². The molecule has 106 valence electrons. The molecule has 0 unspecified atom stereocenters. The smallest absolute Gasteiger partial charge is 0.255 e. The zero-order valence-corrected chi connectivity index (χ0v) is 13.0. The third-order valence-electron chi connectivity index (χ3n) is 3.14. The van der Waals surface area contributed by atoms with Gasteiger partial charge >= 0.3 is 0 Å². The number of carbonyl (C=O) groups is 1. The maximum atomic E-state index is 12.8. The molecule has 20 heavy (non-hydrogen) atoms. The lowest BCUT2D eigenvalue weighted by molar-refractivity contribution is 0.0644. The first-order valence-corrected chi connectivity index (χ1v) is 7.45. The van der Waals surface area contributed by atoms with Gasteiger partial charge in [-0.3, -0.25) is 4.79 Å². The van der Waals surface area contributed by atoms with Crippen LogP contribution in [0.5, 0.6) is 0 Å². The molecule has 0 aliphatic rings. The van der Waals surface area contributed by atoms with E-state index in [0.29, 0.717) is 5.56 Å². The molecule has 5 heteroatoms. The quantitative estimate of drug-likeness (QED) is 0.866. The molecule has 0 bridgehead atoms. The SMILES string of the molecule is CC(C)N(C(=O)c1ccccc1-c1cnsn1)C(C)C. The van der Waals surface area contributed by atoms with E-state index in [0.717, 1.165) is 23.0 Å². The summed E-state index contributed by atoms with van der Waals surface area (Å²) >= 11 is 1.15. The van der Waals surface area contributed by atoms with Crippen molar-refractivity contribution in [3.63, 3.8) is 0 Å². The number of rotatable bonds is 4. The molecule has 1 aromatic carbocycles. The van der Waals surface area contributed by atoms with Crippen LogP contribution in [0.1, 0.15) is 38.1 Å². The van der Waals surface area contributed by atoms with E-state index in [-0.39, 0.29) is 18.0 Å². The van der Waals surface area contributed by atoms with Gasteiger partial charge in [0, 0.05) is 23.2 Å². The van der Waals surface area contributed by atoms with Crippen LogP contribution in [0, 0.1) is 0 Å². The van der Waals surface area contributed by atoms with Crippen molar-refractivity contribution >= 4 is 17.6 Å². The fourth-order valence-corrected chi connectivity index (χ4v) is 2.81. The van der Waals surface area contributed by atoms with Crippen molar-refractivity contribution in [2.45, 2.75) is 39.8 Å². The standard InChI is InChI=1S/C15H19N3OS/c1-10(2)18(11(3)4)15(19)13-8-6-5-7-12(13)14-9-16-20-17-14/h5-11H,1-4H3. The minimum Gasteiger partial charge on any atom is -0.334 e. The highest BCUT2D eigenvalue weighted by Crippen LogP contribution is 2.24. The van der Waals surface area contributed by atoms with Crippen LogP contribution in [-0.4, -0.2) is 31.6 Å². The summed E-state index contributed by atoms with van der Waals surface area (Å²) < 4.78 is 8.26. The van der Waals surface area contributed by atoms with Gasteiger partial charge in [-0.15, -0.1) is 0 Å². The first kappa shape index (κ1) is 14.7. The van der Waals surface area contributed by atoms with Crippen molar-refractivity contribution in [2.75, 3.05) is 0 Å². The average molecular weight is 289 g/mol. The first-order valence-electron chi connectivity index (χ1n) is 6.72. The van der Waals surface area contributed by atoms with Gasteiger partial charge in [0.25, 0.3) is 5.91 Å². The minimum absolute atomic E-state index is 0.0404. The summed E-state index contributed by atoms with van der Waals surface area (Å²) in [6.45, 7) is 8.13. The van der Waals surface area contributed by atoms with Crippen molar-refractivity contribution in [2.24, 2.45) is 0 Å². The number of amides is 1. The van der Waals surface area contributed by atoms with Gasteiger partial charge < -0.3 is 4.90 Å². The molecule has 0 aliphatic heterocycles. The van der Waals surface area contributed by atoms with Gasteiger partial charge in [-0.2, -0.15) is 8.75 Å². The van der Waals surface area contributed by atoms with Crippen LogP contribution in [-0.2, 0) is 0 Å². The molecule has 2 aromatic rings. The number of hydrogen-bond acceptors (Lipinski definition) is 4. The fraction of sp³-hybridized carbons (Fsp3) is 0.400. The fourth-order valence-electron chi connectivity index (χ4n) is 2.38. The highest BCUT2D eigenvalue weighted by atomic mass is 32.1. The van der Waals surface area contributed by atoms with E-state index in [1.54, 1.807) is 6.20 Å². The Morgan fingerprint density at radius 1 is 1.15 bits per heavy atom. The lowest BCUT2D eigenvalue weighted by Gasteiger charge is -2.31. The highest BCUT2D eigenvalue weighted by molar-refractivity contribution is 6.99. The molecule has 0 aliphatic carbocycles. The predicted octanol–water partition coefficient (Wildman–Crippen LogP) is 3.46. The number of aromatic nitrogens is 2.